The van der Waals surface area contributed by atoms with Crippen LogP contribution in [0.25, 0.3) is 0 Å². The molecule has 1 aromatic rings. The summed E-state index contributed by atoms with van der Waals surface area (Å²) in [7, 11) is 3.86. The van der Waals surface area contributed by atoms with Crippen molar-refractivity contribution in [1.29, 1.82) is 0 Å². The molecule has 0 aliphatic carbocycles. The second-order valence-electron chi connectivity index (χ2n) is 5.06. The summed E-state index contributed by atoms with van der Waals surface area (Å²) in [5.74, 6) is -4.15. The molecule has 0 fully saturated rings. The molecule has 0 unspecified atom stereocenters. The summed E-state index contributed by atoms with van der Waals surface area (Å²) >= 11 is 0. The second kappa shape index (κ2) is 6.77. The van der Waals surface area contributed by atoms with Crippen LogP contribution in [0.5, 0.6) is 0 Å². The van der Waals surface area contributed by atoms with E-state index in [9.17, 15) is 10.1 Å². The Bertz CT molecular complexity index is 592. The third-order valence-electron chi connectivity index (χ3n) is 3.91. The predicted octanol–water partition coefficient (Wildman–Crippen LogP) is 1.88. The average molecular weight is 324 g/mol. The Morgan fingerprint density at radius 1 is 1.17 bits per heavy atom. The van der Waals surface area contributed by atoms with E-state index in [0.717, 1.165) is 5.56 Å². The minimum atomic E-state index is -1.82. The van der Waals surface area contributed by atoms with E-state index in [-0.39, 0.29) is 12.0 Å². The summed E-state index contributed by atoms with van der Waals surface area (Å²) in [6.45, 7) is 1.59. The SMILES string of the molecule is COC(=O)C1=C(C)[C@@](Cc2ccccc2)(OO)OC1(OC)OC. The van der Waals surface area contributed by atoms with E-state index in [1.165, 1.54) is 21.3 Å². The molecule has 0 aromatic heterocycles. The van der Waals surface area contributed by atoms with Crippen LogP contribution >= 0.6 is 0 Å². The van der Waals surface area contributed by atoms with Gasteiger partial charge in [0.05, 0.1) is 7.11 Å². The van der Waals surface area contributed by atoms with Gasteiger partial charge in [-0.1, -0.05) is 30.3 Å². The van der Waals surface area contributed by atoms with Crippen LogP contribution in [0, 0.1) is 0 Å². The Hall–Kier alpha value is -1.77. The van der Waals surface area contributed by atoms with Crippen molar-refractivity contribution in [1.82, 2.24) is 0 Å². The number of hydrogen-bond donors (Lipinski definition) is 1. The molecule has 1 aliphatic rings. The first-order chi connectivity index (χ1) is 11.0. The van der Waals surface area contributed by atoms with Gasteiger partial charge in [0, 0.05) is 26.2 Å². The molecule has 0 spiro atoms. The Kier molecular flexibility index (Phi) is 5.18. The predicted molar refractivity (Wildman–Crippen MR) is 79.1 cm³/mol. The highest BCUT2D eigenvalue weighted by Gasteiger charge is 2.59. The summed E-state index contributed by atoms with van der Waals surface area (Å²) in [5, 5.41) is 9.52. The zero-order valence-electron chi connectivity index (χ0n) is 13.5. The Morgan fingerprint density at radius 2 is 1.78 bits per heavy atom. The van der Waals surface area contributed by atoms with Crippen LogP contribution in [-0.4, -0.2) is 44.3 Å². The Morgan fingerprint density at radius 3 is 2.26 bits per heavy atom. The summed E-state index contributed by atoms with van der Waals surface area (Å²) in [6.07, 6.45) is 0.144. The number of methoxy groups -OCH3 is 3. The molecule has 1 aliphatic heterocycles. The molecule has 0 radical (unpaired) electrons. The number of benzene rings is 1. The highest BCUT2D eigenvalue weighted by molar-refractivity contribution is 5.91. The van der Waals surface area contributed by atoms with Crippen molar-refractivity contribution in [2.45, 2.75) is 25.1 Å². The zero-order chi connectivity index (χ0) is 17.1. The largest absolute Gasteiger partial charge is 0.465 e. The molecule has 126 valence electrons. The van der Waals surface area contributed by atoms with Gasteiger partial charge in [-0.15, -0.1) is 0 Å². The third kappa shape index (κ3) is 2.89. The minimum absolute atomic E-state index is 0.00465. The standard InChI is InChI=1S/C16H20O7/c1-11-13(14(17)19-2)16(20-3,21-4)22-15(11,23-18)10-12-8-6-5-7-9-12/h5-9,18H,10H2,1-4H3/t15-/m1/s1. The van der Waals surface area contributed by atoms with Gasteiger partial charge in [-0.2, -0.15) is 4.89 Å². The van der Waals surface area contributed by atoms with Gasteiger partial charge in [-0.3, -0.25) is 4.74 Å². The molecule has 7 nitrogen and oxygen atoms in total. The van der Waals surface area contributed by atoms with Gasteiger partial charge in [0.1, 0.15) is 5.57 Å². The van der Waals surface area contributed by atoms with Crippen LogP contribution in [0.1, 0.15) is 12.5 Å². The van der Waals surface area contributed by atoms with Gasteiger partial charge in [-0.25, -0.2) is 10.1 Å². The fourth-order valence-electron chi connectivity index (χ4n) is 2.67. The van der Waals surface area contributed by atoms with Crippen molar-refractivity contribution in [3.63, 3.8) is 0 Å². The van der Waals surface area contributed by atoms with E-state index in [1.54, 1.807) is 6.92 Å². The lowest BCUT2D eigenvalue weighted by atomic mass is 9.96. The van der Waals surface area contributed by atoms with Crippen LogP contribution in [0.2, 0.25) is 0 Å². The molecule has 1 heterocycles. The highest BCUT2D eigenvalue weighted by atomic mass is 17.2. The maximum absolute atomic E-state index is 12.2. The molecule has 0 saturated carbocycles. The first-order valence-electron chi connectivity index (χ1n) is 6.95. The lowest BCUT2D eigenvalue weighted by Crippen LogP contribution is -2.45. The monoisotopic (exact) mass is 324 g/mol. The molecule has 1 atom stereocenters. The van der Waals surface area contributed by atoms with E-state index in [4.69, 9.17) is 18.9 Å². The molecule has 23 heavy (non-hydrogen) atoms. The van der Waals surface area contributed by atoms with Crippen molar-refractivity contribution in [3.8, 4) is 0 Å². The van der Waals surface area contributed by atoms with Gasteiger partial charge < -0.3 is 14.2 Å². The number of carbonyl (C=O) groups excluding carboxylic acids is 1. The number of hydrogen-bond acceptors (Lipinski definition) is 7. The zero-order valence-corrected chi connectivity index (χ0v) is 13.5. The van der Waals surface area contributed by atoms with E-state index >= 15 is 0 Å². The fourth-order valence-corrected chi connectivity index (χ4v) is 2.67. The summed E-state index contributed by atoms with van der Waals surface area (Å²) in [5.41, 5.74) is 1.13. The summed E-state index contributed by atoms with van der Waals surface area (Å²) in [4.78, 5) is 16.8. The Balaban J connectivity index is 2.53. The normalized spacial score (nSPS) is 23.2. The topological polar surface area (TPSA) is 83.5 Å². The second-order valence-corrected chi connectivity index (χ2v) is 5.06. The van der Waals surface area contributed by atoms with E-state index in [1.807, 2.05) is 30.3 Å². The van der Waals surface area contributed by atoms with Crippen molar-refractivity contribution in [3.05, 3.63) is 47.0 Å². The lowest BCUT2D eigenvalue weighted by molar-refractivity contribution is -0.455. The van der Waals surface area contributed by atoms with Gasteiger partial charge in [-0.05, 0) is 12.5 Å². The van der Waals surface area contributed by atoms with Gasteiger partial charge >= 0.3 is 11.9 Å². The number of carbonyl (C=O) groups is 1. The molecule has 0 bridgehead atoms. The van der Waals surface area contributed by atoms with Crippen molar-refractivity contribution in [2.24, 2.45) is 0 Å². The van der Waals surface area contributed by atoms with Gasteiger partial charge in [0.2, 0.25) is 5.79 Å². The van der Waals surface area contributed by atoms with Crippen LogP contribution in [-0.2, 0) is 35.1 Å². The maximum Gasteiger partial charge on any atom is 0.342 e. The average Bonchev–Trinajstić information content (AvgIpc) is 2.84. The molecular formula is C16H20O7. The van der Waals surface area contributed by atoms with E-state index in [2.05, 4.69) is 4.89 Å². The fraction of sp³-hybridized carbons (Fsp3) is 0.438. The quantitative estimate of drug-likeness (QED) is 0.370. The van der Waals surface area contributed by atoms with Crippen LogP contribution < -0.4 is 0 Å². The van der Waals surface area contributed by atoms with Crippen LogP contribution in [0.3, 0.4) is 0 Å². The summed E-state index contributed by atoms with van der Waals surface area (Å²) in [6, 6.07) is 9.23. The number of esters is 1. The molecule has 0 amide bonds. The number of ether oxygens (including phenoxy) is 4. The van der Waals surface area contributed by atoms with E-state index in [0.29, 0.717) is 5.57 Å². The molecule has 1 N–H and O–H groups in total. The molecular weight excluding hydrogens is 304 g/mol. The van der Waals surface area contributed by atoms with E-state index < -0.39 is 17.7 Å². The molecule has 7 heteroatoms. The van der Waals surface area contributed by atoms with Crippen LogP contribution in [0.4, 0.5) is 0 Å². The third-order valence-corrected chi connectivity index (χ3v) is 3.91. The van der Waals surface area contributed by atoms with Crippen molar-refractivity contribution in [2.75, 3.05) is 21.3 Å². The lowest BCUT2D eigenvalue weighted by Gasteiger charge is -2.32. The first-order valence-corrected chi connectivity index (χ1v) is 6.95. The maximum atomic E-state index is 12.2. The molecule has 1 aromatic carbocycles. The van der Waals surface area contributed by atoms with Crippen molar-refractivity contribution >= 4 is 5.97 Å². The number of rotatable bonds is 6. The highest BCUT2D eigenvalue weighted by Crippen LogP contribution is 2.46. The smallest absolute Gasteiger partial charge is 0.342 e. The molecule has 0 saturated heterocycles. The summed E-state index contributed by atoms with van der Waals surface area (Å²) < 4.78 is 21.0. The first kappa shape index (κ1) is 17.6. The molecule has 2 rings (SSSR count). The Labute approximate surface area is 134 Å². The van der Waals surface area contributed by atoms with Crippen LogP contribution in [0.15, 0.2) is 41.5 Å². The minimum Gasteiger partial charge on any atom is -0.465 e. The van der Waals surface area contributed by atoms with Gasteiger partial charge in [0.25, 0.3) is 0 Å². The van der Waals surface area contributed by atoms with Crippen molar-refractivity contribution < 1.29 is 33.9 Å². The van der Waals surface area contributed by atoms with Gasteiger partial charge in [0.15, 0.2) is 0 Å².